The first-order valence-corrected chi connectivity index (χ1v) is 33.2. The molecule has 0 aromatic heterocycles. The highest BCUT2D eigenvalue weighted by molar-refractivity contribution is 6.01. The van der Waals surface area contributed by atoms with Crippen LogP contribution in [0.2, 0.25) is 0 Å². The number of aliphatic hydroxyl groups is 2. The molecule has 9 rings (SSSR count). The summed E-state index contributed by atoms with van der Waals surface area (Å²) in [6.07, 6.45) is -1.92. The average molecular weight is 1350 g/mol. The molecule has 4 fully saturated rings. The van der Waals surface area contributed by atoms with Gasteiger partial charge < -0.3 is 74.9 Å². The molecule has 6 aliphatic rings. The molecule has 97 heavy (non-hydrogen) atoms. The molecule has 1 saturated heterocycles. The van der Waals surface area contributed by atoms with E-state index in [4.69, 9.17) is 33.2 Å². The molecule has 3 aromatic rings. The zero-order chi connectivity index (χ0) is 69.2. The van der Waals surface area contributed by atoms with Crippen molar-refractivity contribution in [1.82, 2.24) is 31.9 Å². The molecule has 12 atom stereocenters. The lowest BCUT2D eigenvalue weighted by Gasteiger charge is -2.63. The van der Waals surface area contributed by atoms with Gasteiger partial charge in [0.15, 0.2) is 29.1 Å². The number of carbonyl (C=O) groups excluding carboxylic acids is 8. The summed E-state index contributed by atoms with van der Waals surface area (Å²) in [7, 11) is 0. The fourth-order valence-electron chi connectivity index (χ4n) is 14.3. The fourth-order valence-corrected chi connectivity index (χ4v) is 14.3. The van der Waals surface area contributed by atoms with Crippen LogP contribution in [0.3, 0.4) is 0 Å². The van der Waals surface area contributed by atoms with Gasteiger partial charge in [0.1, 0.15) is 31.8 Å². The molecule has 8 N–H and O–H groups in total. The number of nitrogens with zero attached hydrogens (tertiary/aromatic N) is 1. The van der Waals surface area contributed by atoms with Crippen molar-refractivity contribution in [2.45, 2.75) is 133 Å². The Bertz CT molecular complexity index is 3420. The third-order valence-corrected chi connectivity index (χ3v) is 19.2. The number of fused-ring (bicyclic) bond motifs is 9. The topological polar surface area (TPSA) is 317 Å². The van der Waals surface area contributed by atoms with E-state index in [1.165, 1.54) is 19.1 Å². The standard InChI is InChI=1S/C71H89F2N7O17/c1-4-12-66-96-59-38-51-52-37-54(72)53-36-50(81)23-25-68(53,2)70(52,73)57(82)39-69(51,3)71(59,97-66)58(83)44-95-45-78-63(87)41-77-67(90)55(35-46-13-6-5-7-14-46)79-64(88)42-76-62(86)40-75-61(85)24-27-91-29-31-93-33-34-94-32-30-92-28-26-74-60(84)21-22-65(89)80-43-49-17-9-8-15-47(49)19-20-48-16-10-11-18-56(48)80/h5-11,13-18,23,25,36,51-52,54-55,57,59,62,66,76,82,86H,4,12,21-22,24,26-35,37-45H2,1-3H3,(H,74,84)(H,75,85)(H,77,90)(H,78,87)(H,79,88)/t51-,52-,54-,55-,57-,59+,62?,66?,68-,69-,70-,71+/m0/s1. The number of aliphatic hydroxyl groups excluding tert-OH is 2. The first-order valence-electron chi connectivity index (χ1n) is 33.2. The molecule has 24 nitrogen and oxygen atoms in total. The number of carbonyl (C=O) groups is 8. The molecule has 0 bridgehead atoms. The van der Waals surface area contributed by atoms with Crippen LogP contribution in [-0.2, 0) is 84.5 Å². The van der Waals surface area contributed by atoms with Gasteiger partial charge in [0, 0.05) is 60.1 Å². The van der Waals surface area contributed by atoms with Crippen molar-refractivity contribution in [3.63, 3.8) is 0 Å². The normalized spacial score (nSPS) is 26.3. The number of hydrogen-bond acceptors (Lipinski definition) is 18. The number of nitrogens with one attached hydrogen (secondary N) is 6. The number of Topliss-reactive ketones (excluding diaryl/α,β-unsaturated/α-hetero) is 1. The lowest BCUT2D eigenvalue weighted by atomic mass is 9.44. The van der Waals surface area contributed by atoms with Gasteiger partial charge in [0.25, 0.3) is 0 Å². The minimum Gasteiger partial charge on any atom is -0.390 e. The van der Waals surface area contributed by atoms with Crippen molar-refractivity contribution >= 4 is 52.7 Å². The summed E-state index contributed by atoms with van der Waals surface area (Å²) in [6, 6.07) is 22.8. The third kappa shape index (κ3) is 17.6. The molecule has 6 amide bonds. The Kier molecular flexibility index (Phi) is 25.9. The minimum atomic E-state index is -2.38. The number of halogens is 2. The monoisotopic (exact) mass is 1350 g/mol. The van der Waals surface area contributed by atoms with E-state index in [1.807, 2.05) is 55.5 Å². The summed E-state index contributed by atoms with van der Waals surface area (Å²) in [5.74, 6) is 0.665. The molecule has 0 spiro atoms. The number of hydrogen-bond donors (Lipinski definition) is 8. The van der Waals surface area contributed by atoms with Crippen LogP contribution in [0.4, 0.5) is 14.5 Å². The van der Waals surface area contributed by atoms with Gasteiger partial charge in [-0.3, -0.25) is 43.7 Å². The predicted molar refractivity (Wildman–Crippen MR) is 348 cm³/mol. The highest BCUT2D eigenvalue weighted by Crippen LogP contribution is 2.72. The molecule has 3 aromatic carbocycles. The van der Waals surface area contributed by atoms with Crippen LogP contribution in [-0.4, -0.2) is 198 Å². The van der Waals surface area contributed by atoms with E-state index >= 15 is 8.78 Å². The number of alkyl halides is 2. The summed E-state index contributed by atoms with van der Waals surface area (Å²) in [5, 5.41) is 38.0. The Hall–Kier alpha value is -7.68. The van der Waals surface area contributed by atoms with Gasteiger partial charge in [0.2, 0.25) is 35.4 Å². The van der Waals surface area contributed by atoms with E-state index in [2.05, 4.69) is 43.7 Å². The van der Waals surface area contributed by atoms with Crippen LogP contribution in [0.15, 0.2) is 103 Å². The summed E-state index contributed by atoms with van der Waals surface area (Å²) >= 11 is 0. The highest BCUT2D eigenvalue weighted by Gasteiger charge is 2.80. The molecule has 3 saturated carbocycles. The third-order valence-electron chi connectivity index (χ3n) is 19.2. The van der Waals surface area contributed by atoms with Gasteiger partial charge in [-0.2, -0.15) is 0 Å². The van der Waals surface area contributed by atoms with Crippen molar-refractivity contribution < 1.29 is 90.5 Å². The van der Waals surface area contributed by atoms with Gasteiger partial charge in [-0.25, -0.2) is 8.78 Å². The number of rotatable bonds is 36. The Morgan fingerprint density at radius 1 is 0.742 bits per heavy atom. The number of amides is 6. The van der Waals surface area contributed by atoms with Crippen molar-refractivity contribution in [3.8, 4) is 11.8 Å². The number of ketones is 2. The number of benzene rings is 3. The maximum atomic E-state index is 17.9. The minimum absolute atomic E-state index is 0.0154. The first kappa shape index (κ1) is 73.6. The molecule has 26 heteroatoms. The maximum absolute atomic E-state index is 17.9. The molecule has 4 aliphatic carbocycles. The lowest BCUT2D eigenvalue weighted by Crippen LogP contribution is -2.71. The van der Waals surface area contributed by atoms with E-state index in [1.54, 1.807) is 42.2 Å². The molecule has 0 radical (unpaired) electrons. The number of ether oxygens (including phenoxy) is 7. The van der Waals surface area contributed by atoms with Gasteiger partial charge >= 0.3 is 0 Å². The van der Waals surface area contributed by atoms with E-state index in [9.17, 15) is 48.6 Å². The van der Waals surface area contributed by atoms with Crippen LogP contribution >= 0.6 is 0 Å². The smallest absolute Gasteiger partial charge is 0.243 e. The summed E-state index contributed by atoms with van der Waals surface area (Å²) < 4.78 is 74.7. The van der Waals surface area contributed by atoms with Gasteiger partial charge in [-0.05, 0) is 85.6 Å². The number of para-hydroxylation sites is 1. The first-order chi connectivity index (χ1) is 46.7. The zero-order valence-electron chi connectivity index (χ0n) is 55.0. The van der Waals surface area contributed by atoms with Crippen molar-refractivity contribution in [1.29, 1.82) is 0 Å². The molecule has 2 aliphatic heterocycles. The van der Waals surface area contributed by atoms with Crippen LogP contribution in [0, 0.1) is 34.5 Å². The Labute approximate surface area is 563 Å². The molecule has 524 valence electrons. The Morgan fingerprint density at radius 2 is 1.41 bits per heavy atom. The molecular formula is C71H89F2N7O17. The molecule has 2 heterocycles. The average Bonchev–Trinajstić information content (AvgIpc) is 1.59. The van der Waals surface area contributed by atoms with Crippen molar-refractivity contribution in [3.05, 3.63) is 125 Å². The van der Waals surface area contributed by atoms with Gasteiger partial charge in [0.05, 0.1) is 96.9 Å². The summed E-state index contributed by atoms with van der Waals surface area (Å²) in [5.41, 5.74) is -3.03. The van der Waals surface area contributed by atoms with Crippen LogP contribution in [0.25, 0.3) is 0 Å². The SMILES string of the molecule is CCCC1O[C@@H]2C[C@H]3[C@@H]4C[C@H](F)C5=CC(=O)C=C[C@]5(C)[C@@]4(F)[C@@H](O)C[C@]3(C)[C@]2(C(=O)COCNC(=O)CNC(=O)[C@H](Cc2ccccc2)NC(=O)CNC(O)CNC(=O)CCOCCOCCOCCOCCNC(=O)CCC(=O)N2Cc3ccccc3C#Cc3ccccc32)O1. The largest absolute Gasteiger partial charge is 0.390 e. The Balaban J connectivity index is 0.600. The molecular weight excluding hydrogens is 1260 g/mol. The van der Waals surface area contributed by atoms with E-state index < -0.39 is 132 Å². The zero-order valence-corrected chi connectivity index (χ0v) is 55.0. The molecule has 2 unspecified atom stereocenters. The number of anilines is 1. The van der Waals surface area contributed by atoms with E-state index in [0.29, 0.717) is 57.1 Å². The summed E-state index contributed by atoms with van der Waals surface area (Å²) in [6.45, 7) is 5.52. The second-order valence-electron chi connectivity index (χ2n) is 25.5. The van der Waals surface area contributed by atoms with Crippen molar-refractivity contribution in [2.24, 2.45) is 22.7 Å². The van der Waals surface area contributed by atoms with Crippen molar-refractivity contribution in [2.75, 3.05) is 97.3 Å². The number of allylic oxidation sites excluding steroid dienone is 4. The lowest BCUT2D eigenvalue weighted by molar-refractivity contribution is -0.235. The van der Waals surface area contributed by atoms with Crippen LogP contribution < -0.4 is 36.8 Å². The Morgan fingerprint density at radius 3 is 2.15 bits per heavy atom. The predicted octanol–water partition coefficient (Wildman–Crippen LogP) is 3.02. The quantitative estimate of drug-likeness (QED) is 0.0236. The highest BCUT2D eigenvalue weighted by atomic mass is 19.1. The van der Waals surface area contributed by atoms with Crippen LogP contribution in [0.1, 0.15) is 94.4 Å². The van der Waals surface area contributed by atoms with Gasteiger partial charge in [-0.15, -0.1) is 0 Å². The van der Waals surface area contributed by atoms with Gasteiger partial charge in [-0.1, -0.05) is 98.8 Å². The van der Waals surface area contributed by atoms with E-state index in [-0.39, 0.29) is 102 Å². The van der Waals surface area contributed by atoms with E-state index in [0.717, 1.165) is 22.8 Å². The summed E-state index contributed by atoms with van der Waals surface area (Å²) in [4.78, 5) is 107. The second kappa shape index (κ2) is 34.2. The van der Waals surface area contributed by atoms with Crippen LogP contribution in [0.5, 0.6) is 0 Å². The maximum Gasteiger partial charge on any atom is 0.243 e. The second-order valence-corrected chi connectivity index (χ2v) is 25.5. The fraction of sp³-hybridized carbons (Fsp3) is 0.549.